The summed E-state index contributed by atoms with van der Waals surface area (Å²) in [5.74, 6) is 0. The minimum atomic E-state index is 0. The topological polar surface area (TPSA) is 0 Å². The molecule has 0 fully saturated rings. The van der Waals surface area contributed by atoms with Gasteiger partial charge in [-0.25, -0.2) is 0 Å². The molecule has 2 aliphatic carbocycles. The Morgan fingerprint density at radius 3 is 1.73 bits per heavy atom. The van der Waals surface area contributed by atoms with E-state index in [1.54, 1.807) is 0 Å². The molecule has 0 N–H and O–H groups in total. The van der Waals surface area contributed by atoms with Crippen molar-refractivity contribution >= 4 is 0 Å². The zero-order chi connectivity index (χ0) is 27.7. The molecule has 5 aromatic carbocycles. The van der Waals surface area contributed by atoms with Gasteiger partial charge in [0.2, 0.25) is 0 Å². The van der Waals surface area contributed by atoms with Gasteiger partial charge in [-0.2, -0.15) is 89.8 Å². The van der Waals surface area contributed by atoms with Crippen LogP contribution in [0.1, 0.15) is 96.3 Å². The van der Waals surface area contributed by atoms with Crippen molar-refractivity contribution in [3.63, 3.8) is 0 Å². The smallest absolute Gasteiger partial charge is 0 e. The van der Waals surface area contributed by atoms with E-state index in [4.69, 9.17) is 0 Å². The molecule has 0 bridgehead atoms. The van der Waals surface area contributed by atoms with Gasteiger partial charge in [0.1, 0.15) is 0 Å². The first-order valence-corrected chi connectivity index (χ1v) is 14.7. The molecule has 44 heavy (non-hydrogen) atoms. The van der Waals surface area contributed by atoms with Crippen LogP contribution in [0.25, 0.3) is 0 Å². The van der Waals surface area contributed by atoms with Crippen LogP contribution in [0.2, 0.25) is 0 Å². The Labute approximate surface area is 319 Å². The zero-order valence-corrected chi connectivity index (χ0v) is 30.7. The summed E-state index contributed by atoms with van der Waals surface area (Å²) in [6.45, 7) is 7.91. The molecule has 0 heterocycles. The molecule has 0 nitrogen and oxygen atoms in total. The van der Waals surface area contributed by atoms with E-state index >= 15 is 0 Å². The fourth-order valence-electron chi connectivity index (χ4n) is 5.79. The van der Waals surface area contributed by atoms with Gasteiger partial charge in [-0.05, 0) is 43.2 Å². The van der Waals surface area contributed by atoms with Crippen molar-refractivity contribution in [1.82, 2.24) is 0 Å². The number of hydrogen-bond acceptors (Lipinski definition) is 0. The first-order valence-electron chi connectivity index (χ1n) is 14.7. The van der Waals surface area contributed by atoms with E-state index in [2.05, 4.69) is 110 Å². The van der Waals surface area contributed by atoms with Crippen LogP contribution < -0.4 is 0 Å². The number of fused-ring (bicyclic) bond motifs is 4. The summed E-state index contributed by atoms with van der Waals surface area (Å²) in [6.07, 6.45) is 7.13. The van der Waals surface area contributed by atoms with Gasteiger partial charge < -0.3 is 6.92 Å². The monoisotopic (exact) mass is 728 g/mol. The van der Waals surface area contributed by atoms with Crippen LogP contribution in [0.15, 0.2) is 97.1 Å². The Balaban J connectivity index is 0.000000390. The molecule has 2 aliphatic rings. The Morgan fingerprint density at radius 2 is 1.14 bits per heavy atom. The van der Waals surface area contributed by atoms with Crippen molar-refractivity contribution in [1.29, 1.82) is 0 Å². The number of aryl methyl sites for hydroxylation is 1. The molecule has 224 valence electrons. The van der Waals surface area contributed by atoms with E-state index in [0.29, 0.717) is 0 Å². The van der Waals surface area contributed by atoms with Crippen molar-refractivity contribution in [2.75, 3.05) is 0 Å². The maximum atomic E-state index is 3.91. The molecule has 0 aliphatic heterocycles. The summed E-state index contributed by atoms with van der Waals surface area (Å²) in [4.78, 5) is 0. The first kappa shape index (κ1) is 40.3. The van der Waals surface area contributed by atoms with Crippen LogP contribution in [-0.4, -0.2) is 0 Å². The van der Waals surface area contributed by atoms with E-state index in [9.17, 15) is 0 Å². The third kappa shape index (κ3) is 10.2. The van der Waals surface area contributed by atoms with Crippen LogP contribution in [0.5, 0.6) is 0 Å². The van der Waals surface area contributed by atoms with Crippen LogP contribution in [0.3, 0.4) is 0 Å². The molecule has 0 aromatic heterocycles. The standard InChI is InChI=1S/C21H16.C17H16.C2H6.2CH4.2Y/c1-2-7-16(8-3-1)13-19-11-6-12-20-14-17-9-4-5-10-18(17)15-21(19)20;1-2-5-13-8-9-16-11-14-6-3-4-7-15(14)12-17(16)10-13;1-2;;;;/h1-7,9-10,12H,13-15H2;3-4,6-7,9-10H,1-2,5,11-12H2;1-2H3;2*1H4;;/q2*-2;;;;;. The van der Waals surface area contributed by atoms with E-state index in [-0.39, 0.29) is 80.3 Å². The molecule has 2 radical (unpaired) electrons. The minimum absolute atomic E-state index is 0. The fraction of sp³-hybridized carbons (Fsp3) is 0.262. The van der Waals surface area contributed by atoms with Crippen molar-refractivity contribution in [2.24, 2.45) is 0 Å². The number of hydrogen-bond donors (Lipinski definition) is 0. The number of rotatable bonds is 4. The van der Waals surface area contributed by atoms with Gasteiger partial charge in [0.25, 0.3) is 0 Å². The fourth-order valence-corrected chi connectivity index (χ4v) is 5.79. The first-order chi connectivity index (χ1) is 19.8. The largest absolute Gasteiger partial charge is 0.343 e. The normalized spacial score (nSPS) is 11.2. The van der Waals surface area contributed by atoms with Crippen molar-refractivity contribution in [3.05, 3.63) is 183 Å². The van der Waals surface area contributed by atoms with Crippen LogP contribution >= 0.6 is 0 Å². The molecular formula is C42H46Y2-4. The van der Waals surface area contributed by atoms with E-state index in [1.165, 1.54) is 61.2 Å². The second-order valence-electron chi connectivity index (χ2n) is 10.4. The Bertz CT molecular complexity index is 1550. The van der Waals surface area contributed by atoms with Gasteiger partial charge in [0.05, 0.1) is 0 Å². The SMILES string of the molecule is C.C.CC.[CH2-]CCc1[c-]cc2c(c1)Cc1ccccc1C2.[Y].[Y].[c-]1ccccc1Cc1[c-]ccc2c1Cc1ccccc1C2. The second-order valence-corrected chi connectivity index (χ2v) is 10.4. The van der Waals surface area contributed by atoms with E-state index in [1.807, 2.05) is 26.0 Å². The minimum Gasteiger partial charge on any atom is -0.343 e. The average molecular weight is 729 g/mol. The van der Waals surface area contributed by atoms with Gasteiger partial charge in [0, 0.05) is 65.4 Å². The van der Waals surface area contributed by atoms with Crippen LogP contribution in [-0.2, 0) is 104 Å². The summed E-state index contributed by atoms with van der Waals surface area (Å²) in [5.41, 5.74) is 15.6. The molecule has 0 spiro atoms. The van der Waals surface area contributed by atoms with Crippen LogP contribution in [0.4, 0.5) is 0 Å². The predicted molar refractivity (Wildman–Crippen MR) is 181 cm³/mol. The summed E-state index contributed by atoms with van der Waals surface area (Å²) in [6, 6.07) is 44.7. The summed E-state index contributed by atoms with van der Waals surface area (Å²) < 4.78 is 0. The van der Waals surface area contributed by atoms with Crippen molar-refractivity contribution < 1.29 is 65.4 Å². The second kappa shape index (κ2) is 20.4. The molecule has 0 amide bonds. The van der Waals surface area contributed by atoms with Crippen molar-refractivity contribution in [3.8, 4) is 0 Å². The van der Waals surface area contributed by atoms with Gasteiger partial charge in [-0.3, -0.25) is 0 Å². The molecule has 0 atom stereocenters. The van der Waals surface area contributed by atoms with E-state index < -0.39 is 0 Å². The third-order valence-electron chi connectivity index (χ3n) is 7.82. The molecule has 0 saturated carbocycles. The van der Waals surface area contributed by atoms with Crippen LogP contribution in [0, 0.1) is 25.1 Å². The summed E-state index contributed by atoms with van der Waals surface area (Å²) >= 11 is 0. The zero-order valence-electron chi connectivity index (χ0n) is 25.0. The Morgan fingerprint density at radius 1 is 0.568 bits per heavy atom. The molecular weight excluding hydrogens is 682 g/mol. The van der Waals surface area contributed by atoms with E-state index in [0.717, 1.165) is 44.9 Å². The maximum Gasteiger partial charge on any atom is 0 e. The quantitative estimate of drug-likeness (QED) is 0.158. The van der Waals surface area contributed by atoms with Crippen molar-refractivity contribution in [2.45, 2.75) is 73.6 Å². The molecule has 0 unspecified atom stereocenters. The van der Waals surface area contributed by atoms with Gasteiger partial charge >= 0.3 is 0 Å². The molecule has 5 aromatic rings. The molecule has 0 saturated heterocycles. The summed E-state index contributed by atoms with van der Waals surface area (Å²) in [5, 5.41) is 0. The Kier molecular flexibility index (Phi) is 18.7. The van der Waals surface area contributed by atoms with Gasteiger partial charge in [-0.1, -0.05) is 94.8 Å². The maximum absolute atomic E-state index is 3.91. The van der Waals surface area contributed by atoms with Gasteiger partial charge in [-0.15, -0.1) is 22.3 Å². The van der Waals surface area contributed by atoms with Gasteiger partial charge in [0.15, 0.2) is 0 Å². The Hall–Kier alpha value is -1.69. The number of benzene rings is 5. The molecule has 2 heteroatoms. The predicted octanol–water partition coefficient (Wildman–Crippen LogP) is 10.4. The molecule has 7 rings (SSSR count). The third-order valence-corrected chi connectivity index (χ3v) is 7.82. The average Bonchev–Trinajstić information content (AvgIpc) is 3.01. The summed E-state index contributed by atoms with van der Waals surface area (Å²) in [7, 11) is 0.